The number of benzene rings is 1. The number of piperidine rings is 1. The second-order valence-electron chi connectivity index (χ2n) is 6.79. The molecule has 3 N–H and O–H groups in total. The molecule has 0 bridgehead atoms. The van der Waals surface area contributed by atoms with Crippen LogP contribution in [0, 0.1) is 0 Å². The van der Waals surface area contributed by atoms with Crippen molar-refractivity contribution in [2.45, 2.75) is 30.8 Å². The lowest BCUT2D eigenvalue weighted by Crippen LogP contribution is -2.63. The second kappa shape index (κ2) is 8.70. The largest absolute Gasteiger partial charge is 0.465 e. The molecule has 7 nitrogen and oxygen atoms in total. The van der Waals surface area contributed by atoms with Crippen molar-refractivity contribution in [2.24, 2.45) is 5.73 Å². The molecule has 1 aromatic carbocycles. The SMILES string of the molecule is COC[C@H](N)C(=O)N(C)C1(Cc2ccc(Cl)cc2)CCCN(C(=O)O)C1. The average Bonchev–Trinajstić information content (AvgIpc) is 2.62. The molecule has 26 heavy (non-hydrogen) atoms. The minimum absolute atomic E-state index is 0.114. The van der Waals surface area contributed by atoms with E-state index in [1.54, 1.807) is 24.1 Å². The molecule has 2 atom stereocenters. The summed E-state index contributed by atoms with van der Waals surface area (Å²) >= 11 is 5.96. The number of hydrogen-bond donors (Lipinski definition) is 2. The van der Waals surface area contributed by atoms with Crippen LogP contribution < -0.4 is 5.73 Å². The number of carbonyl (C=O) groups excluding carboxylic acids is 1. The average molecular weight is 384 g/mol. The monoisotopic (exact) mass is 383 g/mol. The van der Waals surface area contributed by atoms with Crippen molar-refractivity contribution in [3.05, 3.63) is 34.9 Å². The maximum Gasteiger partial charge on any atom is 0.407 e. The van der Waals surface area contributed by atoms with Crippen molar-refractivity contribution in [1.82, 2.24) is 9.80 Å². The Balaban J connectivity index is 2.32. The number of methoxy groups -OCH3 is 1. The van der Waals surface area contributed by atoms with Gasteiger partial charge in [-0.05, 0) is 37.0 Å². The molecule has 1 unspecified atom stereocenters. The van der Waals surface area contributed by atoms with E-state index in [2.05, 4.69) is 0 Å². The van der Waals surface area contributed by atoms with E-state index in [0.29, 0.717) is 30.8 Å². The molecule has 1 saturated heterocycles. The number of halogens is 1. The number of carboxylic acid groups (broad SMARTS) is 1. The quantitative estimate of drug-likeness (QED) is 0.781. The topological polar surface area (TPSA) is 96.1 Å². The molecule has 2 amide bonds. The summed E-state index contributed by atoms with van der Waals surface area (Å²) in [6, 6.07) is 6.60. The first-order valence-corrected chi connectivity index (χ1v) is 8.91. The van der Waals surface area contributed by atoms with E-state index in [4.69, 9.17) is 22.1 Å². The number of rotatable bonds is 6. The van der Waals surface area contributed by atoms with Gasteiger partial charge >= 0.3 is 6.09 Å². The summed E-state index contributed by atoms with van der Waals surface area (Å²) in [5.41, 5.74) is 6.27. The second-order valence-corrected chi connectivity index (χ2v) is 7.23. The summed E-state index contributed by atoms with van der Waals surface area (Å²) in [5, 5.41) is 10.1. The number of hydrogen-bond acceptors (Lipinski definition) is 4. The van der Waals surface area contributed by atoms with E-state index in [1.807, 2.05) is 12.1 Å². The molecule has 2 rings (SSSR count). The normalized spacial score (nSPS) is 21.3. The van der Waals surface area contributed by atoms with Crippen LogP contribution >= 0.6 is 11.6 Å². The van der Waals surface area contributed by atoms with Crippen LogP contribution in [0.1, 0.15) is 18.4 Å². The van der Waals surface area contributed by atoms with Crippen LogP contribution in [0.4, 0.5) is 4.79 Å². The summed E-state index contributed by atoms with van der Waals surface area (Å²) in [7, 11) is 3.18. The van der Waals surface area contributed by atoms with Crippen LogP contribution in [-0.4, -0.2) is 72.3 Å². The third kappa shape index (κ3) is 4.66. The Hall–Kier alpha value is -1.83. The zero-order chi connectivity index (χ0) is 19.3. The smallest absolute Gasteiger partial charge is 0.407 e. The molecule has 0 spiro atoms. The van der Waals surface area contributed by atoms with Crippen molar-refractivity contribution >= 4 is 23.6 Å². The van der Waals surface area contributed by atoms with E-state index < -0.39 is 17.7 Å². The maximum absolute atomic E-state index is 12.8. The molecule has 1 fully saturated rings. The lowest BCUT2D eigenvalue weighted by atomic mass is 9.81. The minimum Gasteiger partial charge on any atom is -0.465 e. The van der Waals surface area contributed by atoms with Gasteiger partial charge in [-0.2, -0.15) is 0 Å². The van der Waals surface area contributed by atoms with Crippen molar-refractivity contribution in [3.8, 4) is 0 Å². The number of amides is 2. The van der Waals surface area contributed by atoms with E-state index in [1.165, 1.54) is 12.0 Å². The standard InChI is InChI=1S/C18H26ClN3O4/c1-21(16(23)15(20)11-26-2)18(8-3-9-22(12-18)17(24)25)10-13-4-6-14(19)7-5-13/h4-7,15H,3,8-12,20H2,1-2H3,(H,24,25)/t15-,18?/m0/s1. The van der Waals surface area contributed by atoms with Crippen LogP contribution in [0.3, 0.4) is 0 Å². The van der Waals surface area contributed by atoms with E-state index >= 15 is 0 Å². The van der Waals surface area contributed by atoms with Crippen LogP contribution in [0.25, 0.3) is 0 Å². The number of likely N-dealkylation sites (tertiary alicyclic amines) is 1. The first-order chi connectivity index (χ1) is 12.3. The highest BCUT2D eigenvalue weighted by molar-refractivity contribution is 6.30. The molecule has 0 aliphatic carbocycles. The first-order valence-electron chi connectivity index (χ1n) is 8.53. The molecule has 0 saturated carbocycles. The molecule has 0 radical (unpaired) electrons. The van der Waals surface area contributed by atoms with Crippen LogP contribution in [0.5, 0.6) is 0 Å². The third-order valence-corrected chi connectivity index (χ3v) is 5.23. The summed E-state index contributed by atoms with van der Waals surface area (Å²) in [5.74, 6) is -0.256. The van der Waals surface area contributed by atoms with Gasteiger partial charge in [0.05, 0.1) is 12.1 Å². The van der Waals surface area contributed by atoms with Gasteiger partial charge in [0.25, 0.3) is 0 Å². The predicted octanol–water partition coefficient (Wildman–Crippen LogP) is 1.83. The highest BCUT2D eigenvalue weighted by atomic mass is 35.5. The minimum atomic E-state index is -0.979. The molecular weight excluding hydrogens is 358 g/mol. The van der Waals surface area contributed by atoms with Crippen molar-refractivity contribution < 1.29 is 19.4 Å². The van der Waals surface area contributed by atoms with Crippen LogP contribution in [0.15, 0.2) is 24.3 Å². The number of ether oxygens (including phenoxy) is 1. The zero-order valence-electron chi connectivity index (χ0n) is 15.2. The first kappa shape index (κ1) is 20.5. The van der Waals surface area contributed by atoms with Gasteiger partial charge in [0.15, 0.2) is 0 Å². The highest BCUT2D eigenvalue weighted by Crippen LogP contribution is 2.31. The van der Waals surface area contributed by atoms with Crippen molar-refractivity contribution in [3.63, 3.8) is 0 Å². The van der Waals surface area contributed by atoms with Gasteiger partial charge in [-0.15, -0.1) is 0 Å². The summed E-state index contributed by atoms with van der Waals surface area (Å²) < 4.78 is 4.99. The molecule has 1 heterocycles. The van der Waals surface area contributed by atoms with Gasteiger partial charge < -0.3 is 25.4 Å². The number of likely N-dealkylation sites (N-methyl/N-ethyl adjacent to an activating group) is 1. The zero-order valence-corrected chi connectivity index (χ0v) is 15.9. The van der Waals surface area contributed by atoms with Gasteiger partial charge in [-0.3, -0.25) is 4.79 Å². The Labute approximate surface area is 158 Å². The number of nitrogens with two attached hydrogens (primary N) is 1. The lowest BCUT2D eigenvalue weighted by molar-refractivity contribution is -0.140. The van der Waals surface area contributed by atoms with Gasteiger partial charge in [-0.1, -0.05) is 23.7 Å². The highest BCUT2D eigenvalue weighted by Gasteiger charge is 2.43. The van der Waals surface area contributed by atoms with Crippen molar-refractivity contribution in [1.29, 1.82) is 0 Å². The van der Waals surface area contributed by atoms with Gasteiger partial charge in [0.1, 0.15) is 6.04 Å². The maximum atomic E-state index is 12.8. The Morgan fingerprint density at radius 1 is 1.42 bits per heavy atom. The summed E-state index contributed by atoms with van der Waals surface area (Å²) in [4.78, 5) is 27.3. The molecular formula is C18H26ClN3O4. The van der Waals surface area contributed by atoms with Crippen molar-refractivity contribution in [2.75, 3.05) is 33.9 Å². The molecule has 0 aromatic heterocycles. The van der Waals surface area contributed by atoms with Gasteiger partial charge in [-0.25, -0.2) is 4.79 Å². The Morgan fingerprint density at radius 2 is 2.08 bits per heavy atom. The molecule has 1 aromatic rings. The van der Waals surface area contributed by atoms with E-state index in [9.17, 15) is 14.7 Å². The van der Waals surface area contributed by atoms with E-state index in [-0.39, 0.29) is 19.1 Å². The fourth-order valence-electron chi connectivity index (χ4n) is 3.53. The van der Waals surface area contributed by atoms with Crippen LogP contribution in [-0.2, 0) is 16.0 Å². The molecule has 8 heteroatoms. The Kier molecular flexibility index (Phi) is 6.86. The van der Waals surface area contributed by atoms with Crippen LogP contribution in [0.2, 0.25) is 5.02 Å². The summed E-state index contributed by atoms with van der Waals surface area (Å²) in [6.45, 7) is 0.819. The molecule has 1 aliphatic heterocycles. The lowest BCUT2D eigenvalue weighted by Gasteiger charge is -2.48. The van der Waals surface area contributed by atoms with Gasteiger partial charge in [0, 0.05) is 32.3 Å². The Morgan fingerprint density at radius 3 is 2.65 bits per heavy atom. The number of nitrogens with zero attached hydrogens (tertiary/aromatic N) is 2. The predicted molar refractivity (Wildman–Crippen MR) is 99.3 cm³/mol. The fourth-order valence-corrected chi connectivity index (χ4v) is 3.65. The molecule has 1 aliphatic rings. The fraction of sp³-hybridized carbons (Fsp3) is 0.556. The van der Waals surface area contributed by atoms with Gasteiger partial charge in [0.2, 0.25) is 5.91 Å². The molecule has 144 valence electrons. The number of carbonyl (C=O) groups is 2. The van der Waals surface area contributed by atoms with E-state index in [0.717, 1.165) is 5.56 Å². The Bertz CT molecular complexity index is 640. The summed E-state index contributed by atoms with van der Waals surface area (Å²) in [6.07, 6.45) is 0.918. The third-order valence-electron chi connectivity index (χ3n) is 4.98.